The number of halogens is 2. The summed E-state index contributed by atoms with van der Waals surface area (Å²) in [7, 11) is 0. The highest BCUT2D eigenvalue weighted by molar-refractivity contribution is 9.10. The number of carbonyl (C=O) groups excluding carboxylic acids is 2. The summed E-state index contributed by atoms with van der Waals surface area (Å²) in [5.41, 5.74) is 2.37. The third-order valence-corrected chi connectivity index (χ3v) is 3.31. The van der Waals surface area contributed by atoms with Gasteiger partial charge >= 0.3 is 5.97 Å². The van der Waals surface area contributed by atoms with Crippen molar-refractivity contribution in [1.29, 1.82) is 0 Å². The molecule has 114 valence electrons. The van der Waals surface area contributed by atoms with E-state index in [0.717, 1.165) is 4.47 Å². The van der Waals surface area contributed by atoms with E-state index in [0.29, 0.717) is 16.3 Å². The minimum absolute atomic E-state index is 0.317. The van der Waals surface area contributed by atoms with Crippen molar-refractivity contribution in [2.24, 2.45) is 0 Å². The molecule has 2 aromatic carbocycles. The molecule has 0 saturated carbocycles. The maximum absolute atomic E-state index is 11.7. The van der Waals surface area contributed by atoms with Crippen LogP contribution in [0.1, 0.15) is 10.4 Å². The molecule has 0 fully saturated rings. The summed E-state index contributed by atoms with van der Waals surface area (Å²) in [6, 6.07) is 13.1. The first-order chi connectivity index (χ1) is 10.5. The van der Waals surface area contributed by atoms with E-state index < -0.39 is 11.9 Å². The molecular weight excluding hydrogens is 374 g/mol. The average Bonchev–Trinajstić information content (AvgIpc) is 2.52. The Morgan fingerprint density at radius 2 is 1.68 bits per heavy atom. The summed E-state index contributed by atoms with van der Waals surface area (Å²) in [4.78, 5) is 27.8. The van der Waals surface area contributed by atoms with Crippen LogP contribution in [0.2, 0.25) is 5.02 Å². The SMILES string of the molecule is O=C(COc1ccc(Br)cc1)ONC(=O)c1ccc(Cl)cc1. The van der Waals surface area contributed by atoms with Crippen LogP contribution < -0.4 is 10.2 Å². The summed E-state index contributed by atoms with van der Waals surface area (Å²) < 4.78 is 6.11. The van der Waals surface area contributed by atoms with Gasteiger partial charge < -0.3 is 9.57 Å². The predicted molar refractivity (Wildman–Crippen MR) is 84.6 cm³/mol. The molecule has 7 heteroatoms. The predicted octanol–water partition coefficient (Wildman–Crippen LogP) is 3.37. The molecule has 0 bridgehead atoms. The number of ether oxygens (including phenoxy) is 1. The molecule has 0 spiro atoms. The molecule has 0 heterocycles. The van der Waals surface area contributed by atoms with Crippen molar-refractivity contribution in [3.8, 4) is 5.75 Å². The van der Waals surface area contributed by atoms with Gasteiger partial charge in [0, 0.05) is 15.1 Å². The maximum Gasteiger partial charge on any atom is 0.369 e. The fraction of sp³-hybridized carbons (Fsp3) is 0.0667. The normalized spacial score (nSPS) is 9.91. The van der Waals surface area contributed by atoms with Crippen LogP contribution in [0.3, 0.4) is 0 Å². The van der Waals surface area contributed by atoms with Crippen LogP contribution in [0.4, 0.5) is 0 Å². The highest BCUT2D eigenvalue weighted by Gasteiger charge is 2.10. The van der Waals surface area contributed by atoms with E-state index in [2.05, 4.69) is 20.8 Å². The van der Waals surface area contributed by atoms with Crippen molar-refractivity contribution in [1.82, 2.24) is 5.48 Å². The number of amides is 1. The molecule has 2 aromatic rings. The van der Waals surface area contributed by atoms with Crippen LogP contribution in [0.15, 0.2) is 53.0 Å². The van der Waals surface area contributed by atoms with Gasteiger partial charge in [0.1, 0.15) is 5.75 Å². The number of hydroxylamine groups is 1. The summed E-state index contributed by atoms with van der Waals surface area (Å²) in [5.74, 6) is -0.747. The van der Waals surface area contributed by atoms with Crippen LogP contribution in [0.5, 0.6) is 5.75 Å². The average molecular weight is 385 g/mol. The first-order valence-electron chi connectivity index (χ1n) is 6.18. The van der Waals surface area contributed by atoms with Crippen molar-refractivity contribution in [2.75, 3.05) is 6.61 Å². The Morgan fingerprint density at radius 1 is 1.05 bits per heavy atom. The van der Waals surface area contributed by atoms with Gasteiger partial charge in [-0.15, -0.1) is 0 Å². The van der Waals surface area contributed by atoms with Crippen LogP contribution in [0, 0.1) is 0 Å². The Kier molecular flexibility index (Phi) is 5.80. The minimum atomic E-state index is -0.717. The van der Waals surface area contributed by atoms with Crippen molar-refractivity contribution >= 4 is 39.4 Å². The fourth-order valence-corrected chi connectivity index (χ4v) is 1.86. The molecule has 0 unspecified atom stereocenters. The third kappa shape index (κ3) is 5.05. The standard InChI is InChI=1S/C15H11BrClNO4/c16-11-3-7-13(8-4-11)21-9-14(19)22-18-15(20)10-1-5-12(17)6-2-10/h1-8H,9H2,(H,18,20). The Hall–Kier alpha value is -2.05. The summed E-state index contributed by atoms with van der Waals surface area (Å²) in [6.45, 7) is -0.317. The molecule has 0 radical (unpaired) electrons. The van der Waals surface area contributed by atoms with E-state index >= 15 is 0 Å². The van der Waals surface area contributed by atoms with Crippen LogP contribution in [-0.4, -0.2) is 18.5 Å². The summed E-state index contributed by atoms with van der Waals surface area (Å²) >= 11 is 9.01. The van der Waals surface area contributed by atoms with Crippen molar-refractivity contribution in [3.05, 3.63) is 63.6 Å². The minimum Gasteiger partial charge on any atom is -0.482 e. The van der Waals surface area contributed by atoms with Gasteiger partial charge in [-0.1, -0.05) is 27.5 Å². The van der Waals surface area contributed by atoms with E-state index in [9.17, 15) is 9.59 Å². The second kappa shape index (κ2) is 7.82. The Bertz CT molecular complexity index is 658. The lowest BCUT2D eigenvalue weighted by molar-refractivity contribution is -0.151. The molecule has 0 saturated heterocycles. The molecule has 0 aliphatic heterocycles. The largest absolute Gasteiger partial charge is 0.482 e. The summed E-state index contributed by atoms with van der Waals surface area (Å²) in [6.07, 6.45) is 0. The van der Waals surface area contributed by atoms with Gasteiger partial charge in [0.2, 0.25) is 0 Å². The molecule has 1 amide bonds. The van der Waals surface area contributed by atoms with Gasteiger partial charge in [-0.25, -0.2) is 4.79 Å². The Morgan fingerprint density at radius 3 is 2.32 bits per heavy atom. The lowest BCUT2D eigenvalue weighted by Gasteiger charge is -2.07. The molecule has 0 atom stereocenters. The monoisotopic (exact) mass is 383 g/mol. The molecule has 0 aliphatic carbocycles. The van der Waals surface area contributed by atoms with E-state index in [1.807, 2.05) is 5.48 Å². The van der Waals surface area contributed by atoms with E-state index in [1.165, 1.54) is 12.1 Å². The second-order valence-corrected chi connectivity index (χ2v) is 5.51. The van der Waals surface area contributed by atoms with Crippen molar-refractivity contribution < 1.29 is 19.2 Å². The van der Waals surface area contributed by atoms with E-state index in [1.54, 1.807) is 36.4 Å². The number of carbonyl (C=O) groups is 2. The smallest absolute Gasteiger partial charge is 0.369 e. The van der Waals surface area contributed by atoms with E-state index in [4.69, 9.17) is 16.3 Å². The van der Waals surface area contributed by atoms with Crippen LogP contribution in [-0.2, 0) is 9.63 Å². The highest BCUT2D eigenvalue weighted by Crippen LogP contribution is 2.15. The summed E-state index contributed by atoms with van der Waals surface area (Å²) in [5, 5.41) is 0.511. The number of benzene rings is 2. The lowest BCUT2D eigenvalue weighted by Crippen LogP contribution is -2.29. The van der Waals surface area contributed by atoms with Gasteiger partial charge in [-0.3, -0.25) is 4.79 Å². The molecule has 2 rings (SSSR count). The number of nitrogens with one attached hydrogen (secondary N) is 1. The van der Waals surface area contributed by atoms with Gasteiger partial charge in [-0.2, -0.15) is 5.48 Å². The quantitative estimate of drug-likeness (QED) is 0.821. The maximum atomic E-state index is 11.7. The zero-order valence-corrected chi connectivity index (χ0v) is 13.6. The third-order valence-electron chi connectivity index (χ3n) is 2.53. The molecule has 1 N–H and O–H groups in total. The van der Waals surface area contributed by atoms with Gasteiger partial charge in [-0.05, 0) is 48.5 Å². The molecule has 0 aliphatic rings. The first-order valence-corrected chi connectivity index (χ1v) is 7.35. The topological polar surface area (TPSA) is 64.6 Å². The number of hydrogen-bond acceptors (Lipinski definition) is 4. The zero-order chi connectivity index (χ0) is 15.9. The Labute approximate surface area is 140 Å². The fourth-order valence-electron chi connectivity index (χ4n) is 1.47. The molecular formula is C15H11BrClNO4. The van der Waals surface area contributed by atoms with Crippen molar-refractivity contribution in [3.63, 3.8) is 0 Å². The first kappa shape index (κ1) is 16.3. The van der Waals surface area contributed by atoms with E-state index in [-0.39, 0.29) is 6.61 Å². The van der Waals surface area contributed by atoms with Crippen molar-refractivity contribution in [2.45, 2.75) is 0 Å². The molecule has 0 aromatic heterocycles. The number of rotatable bonds is 4. The van der Waals surface area contributed by atoms with Gasteiger partial charge in [0.05, 0.1) is 0 Å². The lowest BCUT2D eigenvalue weighted by atomic mass is 10.2. The number of hydrogen-bond donors (Lipinski definition) is 1. The van der Waals surface area contributed by atoms with Gasteiger partial charge in [0.25, 0.3) is 5.91 Å². The highest BCUT2D eigenvalue weighted by atomic mass is 79.9. The van der Waals surface area contributed by atoms with Gasteiger partial charge in [0.15, 0.2) is 6.61 Å². The Balaban J connectivity index is 1.76. The van der Waals surface area contributed by atoms with Crippen LogP contribution in [0.25, 0.3) is 0 Å². The van der Waals surface area contributed by atoms with Crippen LogP contribution >= 0.6 is 27.5 Å². The molecule has 22 heavy (non-hydrogen) atoms. The second-order valence-electron chi connectivity index (χ2n) is 4.15. The molecule has 5 nitrogen and oxygen atoms in total. The zero-order valence-electron chi connectivity index (χ0n) is 11.2.